The first-order valence-corrected chi connectivity index (χ1v) is 19.8. The molecule has 0 radical (unpaired) electrons. The van der Waals surface area contributed by atoms with Crippen molar-refractivity contribution in [1.82, 2.24) is 0 Å². The van der Waals surface area contributed by atoms with Crippen molar-refractivity contribution < 1.29 is 48.7 Å². The van der Waals surface area contributed by atoms with Crippen molar-refractivity contribution in [1.29, 1.82) is 0 Å². The van der Waals surface area contributed by atoms with Crippen LogP contribution in [0.2, 0.25) is 0 Å². The van der Waals surface area contributed by atoms with Crippen LogP contribution in [0.25, 0.3) is 0 Å². The molecule has 0 aromatic heterocycles. The Morgan fingerprint density at radius 1 is 0.540 bits per heavy atom. The maximum atomic E-state index is 12.2. The van der Waals surface area contributed by atoms with Crippen LogP contribution in [-0.2, 0) is 48.7 Å². The van der Waals surface area contributed by atoms with E-state index in [-0.39, 0.29) is 35.0 Å². The maximum absolute atomic E-state index is 12.2. The summed E-state index contributed by atoms with van der Waals surface area (Å²) in [7, 11) is 0. The highest BCUT2D eigenvalue weighted by Crippen LogP contribution is 2.36. The molecule has 10 nitrogen and oxygen atoms in total. The van der Waals surface area contributed by atoms with E-state index in [1.807, 2.05) is 69.2 Å². The second-order valence-corrected chi connectivity index (χ2v) is 16.5. The van der Waals surface area contributed by atoms with Crippen molar-refractivity contribution >= 4 is 11.9 Å². The molecule has 0 aromatic carbocycles. The second-order valence-electron chi connectivity index (χ2n) is 16.5. The quantitative estimate of drug-likeness (QED) is 0.0514. The molecule has 0 N–H and O–H groups in total. The minimum Gasteiger partial charge on any atom is -0.298 e. The molecule has 0 bridgehead atoms. The van der Waals surface area contributed by atoms with Gasteiger partial charge in [-0.15, -0.1) is 0 Å². The van der Waals surface area contributed by atoms with E-state index >= 15 is 0 Å². The number of rotatable bonds is 25. The van der Waals surface area contributed by atoms with E-state index in [1.54, 1.807) is 0 Å². The third-order valence-electron chi connectivity index (χ3n) is 9.65. The summed E-state index contributed by atoms with van der Waals surface area (Å²) in [4.78, 5) is 68.4. The zero-order valence-corrected chi connectivity index (χ0v) is 34.8. The summed E-state index contributed by atoms with van der Waals surface area (Å²) in [5, 5.41) is 0. The lowest BCUT2D eigenvalue weighted by Gasteiger charge is -2.38. The van der Waals surface area contributed by atoms with Gasteiger partial charge in [-0.05, 0) is 120 Å². The van der Waals surface area contributed by atoms with Crippen molar-refractivity contribution in [3.05, 3.63) is 0 Å². The Balaban J connectivity index is 0.00000104. The molecular weight excluding hydrogens is 640 g/mol. The highest BCUT2D eigenvalue weighted by atomic mass is 17.3. The summed E-state index contributed by atoms with van der Waals surface area (Å²) in [6.07, 6.45) is 15.1. The van der Waals surface area contributed by atoms with Crippen LogP contribution in [0, 0.1) is 11.8 Å². The van der Waals surface area contributed by atoms with Gasteiger partial charge in [0.15, 0.2) is 0 Å². The lowest BCUT2D eigenvalue weighted by Crippen LogP contribution is -2.43. The van der Waals surface area contributed by atoms with E-state index in [9.17, 15) is 9.59 Å². The number of carbonyl (C=O) groups excluding carboxylic acids is 2. The van der Waals surface area contributed by atoms with Gasteiger partial charge >= 0.3 is 11.9 Å². The third-order valence-corrected chi connectivity index (χ3v) is 9.65. The average molecular weight is 719 g/mol. The summed E-state index contributed by atoms with van der Waals surface area (Å²) in [6, 6.07) is 0. The fourth-order valence-electron chi connectivity index (χ4n) is 4.77. The molecule has 1 saturated carbocycles. The number of unbranched alkanes of at least 4 members (excludes halogenated alkanes) is 2. The van der Waals surface area contributed by atoms with Crippen LogP contribution in [0.1, 0.15) is 206 Å². The van der Waals surface area contributed by atoms with Crippen LogP contribution in [0.3, 0.4) is 0 Å². The molecule has 10 heteroatoms. The summed E-state index contributed by atoms with van der Waals surface area (Å²) in [5.41, 5.74) is -1.96. The van der Waals surface area contributed by atoms with Gasteiger partial charge in [0.1, 0.15) is 11.2 Å². The Kier molecular flexibility index (Phi) is 23.5. The van der Waals surface area contributed by atoms with Crippen LogP contribution in [-0.4, -0.2) is 40.1 Å². The zero-order chi connectivity index (χ0) is 38.5. The van der Waals surface area contributed by atoms with Gasteiger partial charge in [0.2, 0.25) is 5.79 Å². The van der Waals surface area contributed by atoms with E-state index in [0.717, 1.165) is 89.9 Å². The Bertz CT molecular complexity index is 842. The lowest BCUT2D eigenvalue weighted by atomic mass is 9.94. The van der Waals surface area contributed by atoms with E-state index in [0.29, 0.717) is 12.8 Å². The molecule has 50 heavy (non-hydrogen) atoms. The van der Waals surface area contributed by atoms with Gasteiger partial charge < -0.3 is 0 Å². The Morgan fingerprint density at radius 2 is 0.900 bits per heavy atom. The smallest absolute Gasteiger partial charge is 0.298 e. The molecule has 298 valence electrons. The van der Waals surface area contributed by atoms with E-state index in [4.69, 9.17) is 39.1 Å². The topological polar surface area (TPSA) is 108 Å². The van der Waals surface area contributed by atoms with Gasteiger partial charge in [0.25, 0.3) is 0 Å². The van der Waals surface area contributed by atoms with Crippen molar-refractivity contribution in [2.45, 2.75) is 234 Å². The van der Waals surface area contributed by atoms with Gasteiger partial charge in [-0.25, -0.2) is 19.4 Å². The van der Waals surface area contributed by atoms with E-state index in [2.05, 4.69) is 27.7 Å². The minimum absolute atomic E-state index is 0.126. The third kappa shape index (κ3) is 21.3. The molecule has 1 rings (SSSR count). The molecule has 0 heterocycles. The van der Waals surface area contributed by atoms with Crippen LogP contribution >= 0.6 is 0 Å². The van der Waals surface area contributed by atoms with Gasteiger partial charge in [-0.1, -0.05) is 73.6 Å². The molecule has 0 aromatic rings. The van der Waals surface area contributed by atoms with E-state index in [1.165, 1.54) is 6.42 Å². The Hall–Kier alpha value is -1.30. The largest absolute Gasteiger partial charge is 0.345 e. The fraction of sp³-hybridized carbons (Fsp3) is 0.950. The van der Waals surface area contributed by atoms with Crippen molar-refractivity contribution in [3.8, 4) is 0 Å². The van der Waals surface area contributed by atoms with Gasteiger partial charge in [-0.3, -0.25) is 9.78 Å². The maximum Gasteiger partial charge on any atom is 0.345 e. The van der Waals surface area contributed by atoms with Crippen molar-refractivity contribution in [3.63, 3.8) is 0 Å². The Labute approximate surface area is 306 Å². The molecule has 2 unspecified atom stereocenters. The summed E-state index contributed by atoms with van der Waals surface area (Å²) < 4.78 is 0. The van der Waals surface area contributed by atoms with Gasteiger partial charge in [0.05, 0.1) is 23.0 Å². The van der Waals surface area contributed by atoms with Crippen LogP contribution in [0.15, 0.2) is 0 Å². The molecule has 1 fully saturated rings. The number of hydrogen-bond donors (Lipinski definition) is 0. The fourth-order valence-corrected chi connectivity index (χ4v) is 4.77. The van der Waals surface area contributed by atoms with Crippen molar-refractivity contribution in [2.24, 2.45) is 11.8 Å². The molecule has 2 atom stereocenters. The molecule has 1 aliphatic rings. The predicted octanol–water partition coefficient (Wildman–Crippen LogP) is 11.6. The first-order valence-electron chi connectivity index (χ1n) is 19.8. The molecular formula is C40H78O10. The van der Waals surface area contributed by atoms with Crippen LogP contribution in [0.4, 0.5) is 0 Å². The SMILES string of the molecule is CCC(C)(C)OOC1(OOC(C)(C)CC)CCCCC1.CCCCC(CC)C(=O)OOC(C)(C)CCC(C)(C)OOC(=O)C(CC)CCCC. The first-order chi connectivity index (χ1) is 23.3. The second kappa shape index (κ2) is 24.1. The highest BCUT2D eigenvalue weighted by molar-refractivity contribution is 5.72. The molecule has 0 saturated heterocycles. The normalized spacial score (nSPS) is 16.6. The average Bonchev–Trinajstić information content (AvgIpc) is 3.09. The van der Waals surface area contributed by atoms with Crippen LogP contribution in [0.5, 0.6) is 0 Å². The van der Waals surface area contributed by atoms with E-state index < -0.39 is 17.0 Å². The Morgan fingerprint density at radius 3 is 1.20 bits per heavy atom. The molecule has 0 aliphatic heterocycles. The summed E-state index contributed by atoms with van der Waals surface area (Å²) >= 11 is 0. The van der Waals surface area contributed by atoms with Gasteiger partial charge in [0, 0.05) is 12.8 Å². The highest BCUT2D eigenvalue weighted by Gasteiger charge is 2.40. The number of carbonyl (C=O) groups is 2. The minimum atomic E-state index is -0.753. The zero-order valence-electron chi connectivity index (χ0n) is 34.8. The lowest BCUT2D eigenvalue weighted by molar-refractivity contribution is -0.547. The monoisotopic (exact) mass is 719 g/mol. The van der Waals surface area contributed by atoms with Crippen molar-refractivity contribution in [2.75, 3.05) is 0 Å². The van der Waals surface area contributed by atoms with Crippen LogP contribution < -0.4 is 0 Å². The molecule has 0 spiro atoms. The summed E-state index contributed by atoms with van der Waals surface area (Å²) in [6.45, 7) is 27.9. The first kappa shape index (κ1) is 48.7. The number of hydrogen-bond acceptors (Lipinski definition) is 10. The predicted molar refractivity (Wildman–Crippen MR) is 197 cm³/mol. The standard InChI is InChI=1S/C24H46O6.C16H32O4/c1-9-13-15-19(11-3)21(25)27-29-23(5,6)17-18-24(7,8)30-28-22(26)20(12-4)16-14-10-2;1-7-14(3,4)17-19-16(12-10-9-11-13-16)20-18-15(5,6)8-2/h19-20H,9-18H2,1-8H3;7-13H2,1-6H3. The summed E-state index contributed by atoms with van der Waals surface area (Å²) in [5.74, 6) is -1.61. The van der Waals surface area contributed by atoms with Gasteiger partial charge in [-0.2, -0.15) is 19.6 Å². The molecule has 1 aliphatic carbocycles. The molecule has 0 amide bonds.